The van der Waals surface area contributed by atoms with Gasteiger partial charge in [0.25, 0.3) is 5.91 Å². The number of para-hydroxylation sites is 3. The van der Waals surface area contributed by atoms with E-state index in [2.05, 4.69) is 5.32 Å². The Morgan fingerprint density at radius 3 is 2.21 bits per heavy atom. The Bertz CT molecular complexity index is 1110. The lowest BCUT2D eigenvalue weighted by Crippen LogP contribution is -2.15. The molecule has 0 heterocycles. The zero-order valence-corrected chi connectivity index (χ0v) is 15.8. The normalized spacial score (nSPS) is 10.9. The number of carbonyl (C=O) groups excluding carboxylic acids is 1. The zero-order chi connectivity index (χ0) is 20.1. The van der Waals surface area contributed by atoms with Crippen LogP contribution >= 0.6 is 0 Å². The fourth-order valence-electron chi connectivity index (χ4n) is 2.51. The Kier molecular flexibility index (Phi) is 5.62. The van der Waals surface area contributed by atoms with Crippen LogP contribution in [-0.4, -0.2) is 21.4 Å². The molecule has 7 nitrogen and oxygen atoms in total. The average Bonchev–Trinajstić information content (AvgIpc) is 2.68. The molecule has 1 amide bonds. The Morgan fingerprint density at radius 1 is 0.893 bits per heavy atom. The highest BCUT2D eigenvalue weighted by Gasteiger charge is 2.16. The van der Waals surface area contributed by atoms with Gasteiger partial charge in [-0.2, -0.15) is 0 Å². The highest BCUT2D eigenvalue weighted by molar-refractivity contribution is 7.89. The molecule has 0 unspecified atom stereocenters. The van der Waals surface area contributed by atoms with E-state index in [0.29, 0.717) is 22.9 Å². The molecule has 0 saturated carbocycles. The van der Waals surface area contributed by atoms with Gasteiger partial charge >= 0.3 is 0 Å². The first kappa shape index (κ1) is 19.4. The van der Waals surface area contributed by atoms with Crippen molar-refractivity contribution in [2.24, 2.45) is 5.14 Å². The second-order valence-electron chi connectivity index (χ2n) is 5.78. The maximum Gasteiger partial charge on any atom is 0.259 e. The van der Waals surface area contributed by atoms with E-state index in [1.807, 2.05) is 6.07 Å². The molecule has 8 heteroatoms. The minimum absolute atomic E-state index is 0.0937. The van der Waals surface area contributed by atoms with Crippen molar-refractivity contribution in [3.8, 4) is 17.2 Å². The smallest absolute Gasteiger partial charge is 0.259 e. The van der Waals surface area contributed by atoms with E-state index in [9.17, 15) is 13.2 Å². The highest BCUT2D eigenvalue weighted by Crippen LogP contribution is 2.33. The van der Waals surface area contributed by atoms with Gasteiger partial charge in [-0.3, -0.25) is 4.79 Å². The predicted molar refractivity (Wildman–Crippen MR) is 105 cm³/mol. The van der Waals surface area contributed by atoms with Crippen LogP contribution in [0.2, 0.25) is 0 Å². The first-order chi connectivity index (χ1) is 13.4. The molecule has 0 aliphatic heterocycles. The van der Waals surface area contributed by atoms with Crippen LogP contribution in [0.5, 0.6) is 17.2 Å². The number of sulfonamides is 1. The van der Waals surface area contributed by atoms with Crippen molar-refractivity contribution in [1.82, 2.24) is 0 Å². The third-order valence-electron chi connectivity index (χ3n) is 3.84. The fourth-order valence-corrected chi connectivity index (χ4v) is 3.07. The van der Waals surface area contributed by atoms with Crippen molar-refractivity contribution in [1.29, 1.82) is 0 Å². The van der Waals surface area contributed by atoms with E-state index in [1.165, 1.54) is 25.3 Å². The summed E-state index contributed by atoms with van der Waals surface area (Å²) in [4.78, 5) is 12.6. The number of hydrogen-bond acceptors (Lipinski definition) is 5. The van der Waals surface area contributed by atoms with Crippen LogP contribution in [0.15, 0.2) is 77.7 Å². The molecule has 0 fully saturated rings. The van der Waals surface area contributed by atoms with E-state index in [-0.39, 0.29) is 10.5 Å². The summed E-state index contributed by atoms with van der Waals surface area (Å²) in [5.41, 5.74) is 0.568. The fraction of sp³-hybridized carbons (Fsp3) is 0.0500. The van der Waals surface area contributed by atoms with Gasteiger partial charge in [0.2, 0.25) is 10.0 Å². The Morgan fingerprint density at radius 2 is 1.54 bits per heavy atom. The molecule has 3 aromatic carbocycles. The van der Waals surface area contributed by atoms with Gasteiger partial charge in [-0.15, -0.1) is 0 Å². The molecule has 0 spiro atoms. The standard InChI is InChI=1S/C20H18N2O5S/c1-26-18-11-4-5-12-19(18)27-17-10-3-2-9-16(17)20(23)22-14-7-6-8-15(13-14)28(21,24)25/h2-13H,1H3,(H,22,23)(H2,21,24,25). The lowest BCUT2D eigenvalue weighted by molar-refractivity contribution is 0.102. The SMILES string of the molecule is COc1ccccc1Oc1ccccc1C(=O)Nc1cccc(S(N)(=O)=O)c1. The maximum absolute atomic E-state index is 12.7. The quantitative estimate of drug-likeness (QED) is 0.662. The lowest BCUT2D eigenvalue weighted by atomic mass is 10.1. The summed E-state index contributed by atoms with van der Waals surface area (Å²) in [7, 11) is -2.35. The molecule has 0 aromatic heterocycles. The van der Waals surface area contributed by atoms with Crippen LogP contribution < -0.4 is 19.9 Å². The van der Waals surface area contributed by atoms with Crippen molar-refractivity contribution in [2.75, 3.05) is 12.4 Å². The number of anilines is 1. The van der Waals surface area contributed by atoms with Crippen molar-refractivity contribution in [3.63, 3.8) is 0 Å². The molecule has 0 aliphatic rings. The summed E-state index contributed by atoms with van der Waals surface area (Å²) in [5.74, 6) is 0.851. The molecular formula is C20H18N2O5S. The molecule has 0 bridgehead atoms. The molecular weight excluding hydrogens is 380 g/mol. The summed E-state index contributed by atoms with van der Waals surface area (Å²) < 4.78 is 34.1. The molecule has 28 heavy (non-hydrogen) atoms. The van der Waals surface area contributed by atoms with Crippen LogP contribution in [0.4, 0.5) is 5.69 Å². The number of hydrogen-bond donors (Lipinski definition) is 2. The Balaban J connectivity index is 1.88. The molecule has 144 valence electrons. The number of nitrogens with one attached hydrogen (secondary N) is 1. The van der Waals surface area contributed by atoms with Crippen molar-refractivity contribution in [3.05, 3.63) is 78.4 Å². The summed E-state index contributed by atoms with van der Waals surface area (Å²) in [6, 6.07) is 19.5. The van der Waals surface area contributed by atoms with Crippen LogP contribution in [-0.2, 0) is 10.0 Å². The van der Waals surface area contributed by atoms with E-state index in [0.717, 1.165) is 0 Å². The second kappa shape index (κ2) is 8.12. The third-order valence-corrected chi connectivity index (χ3v) is 4.75. The third kappa shape index (κ3) is 4.48. The molecule has 3 N–H and O–H groups in total. The number of nitrogens with two attached hydrogens (primary N) is 1. The molecule has 3 rings (SSSR count). The largest absolute Gasteiger partial charge is 0.493 e. The van der Waals surface area contributed by atoms with Crippen LogP contribution in [0.25, 0.3) is 0 Å². The average molecular weight is 398 g/mol. The van der Waals surface area contributed by atoms with Crippen molar-refractivity contribution < 1.29 is 22.7 Å². The van der Waals surface area contributed by atoms with Gasteiger partial charge in [0.15, 0.2) is 11.5 Å². The second-order valence-corrected chi connectivity index (χ2v) is 7.34. The number of rotatable bonds is 6. The minimum atomic E-state index is -3.87. The summed E-state index contributed by atoms with van der Waals surface area (Å²) >= 11 is 0. The topological polar surface area (TPSA) is 108 Å². The van der Waals surface area contributed by atoms with Gasteiger partial charge in [-0.05, 0) is 42.5 Å². The van der Waals surface area contributed by atoms with Crippen molar-refractivity contribution in [2.45, 2.75) is 4.90 Å². The highest BCUT2D eigenvalue weighted by atomic mass is 32.2. The molecule has 0 atom stereocenters. The van der Waals surface area contributed by atoms with Gasteiger partial charge in [-0.1, -0.05) is 30.3 Å². The summed E-state index contributed by atoms with van der Waals surface area (Å²) in [5, 5.41) is 7.79. The summed E-state index contributed by atoms with van der Waals surface area (Å²) in [6.07, 6.45) is 0. The lowest BCUT2D eigenvalue weighted by Gasteiger charge is -2.13. The summed E-state index contributed by atoms with van der Waals surface area (Å²) in [6.45, 7) is 0. The first-order valence-electron chi connectivity index (χ1n) is 8.22. The maximum atomic E-state index is 12.7. The predicted octanol–water partition coefficient (Wildman–Crippen LogP) is 3.39. The van der Waals surface area contributed by atoms with Gasteiger partial charge in [-0.25, -0.2) is 13.6 Å². The van der Waals surface area contributed by atoms with Gasteiger partial charge in [0, 0.05) is 5.69 Å². The number of primary sulfonamides is 1. The van der Waals surface area contributed by atoms with Crippen molar-refractivity contribution >= 4 is 21.6 Å². The number of methoxy groups -OCH3 is 1. The molecule has 0 saturated heterocycles. The number of amides is 1. The molecule has 3 aromatic rings. The van der Waals surface area contributed by atoms with Gasteiger partial charge in [0.1, 0.15) is 5.75 Å². The number of carbonyl (C=O) groups is 1. The van der Waals surface area contributed by atoms with Crippen LogP contribution in [0, 0.1) is 0 Å². The Hall–Kier alpha value is -3.36. The van der Waals surface area contributed by atoms with E-state index in [1.54, 1.807) is 48.5 Å². The van der Waals surface area contributed by atoms with Gasteiger partial charge in [0.05, 0.1) is 17.6 Å². The Labute approximate surface area is 162 Å². The molecule has 0 aliphatic carbocycles. The van der Waals surface area contributed by atoms with Crippen LogP contribution in [0.1, 0.15) is 10.4 Å². The molecule has 0 radical (unpaired) electrons. The van der Waals surface area contributed by atoms with Crippen LogP contribution in [0.3, 0.4) is 0 Å². The van der Waals surface area contributed by atoms with E-state index in [4.69, 9.17) is 14.6 Å². The minimum Gasteiger partial charge on any atom is -0.493 e. The zero-order valence-electron chi connectivity index (χ0n) is 15.0. The van der Waals surface area contributed by atoms with E-state index >= 15 is 0 Å². The first-order valence-corrected chi connectivity index (χ1v) is 9.77. The monoisotopic (exact) mass is 398 g/mol. The van der Waals surface area contributed by atoms with E-state index < -0.39 is 15.9 Å². The number of benzene rings is 3. The van der Waals surface area contributed by atoms with Gasteiger partial charge < -0.3 is 14.8 Å². The number of ether oxygens (including phenoxy) is 2.